The summed E-state index contributed by atoms with van der Waals surface area (Å²) in [5, 5.41) is 1.67. The molecule has 1 heterocycles. The Kier molecular flexibility index (Phi) is 3.63. The molecule has 0 saturated carbocycles. The minimum Gasteiger partial charge on any atom is -0.496 e. The second-order valence-corrected chi connectivity index (χ2v) is 5.53. The van der Waals surface area contributed by atoms with E-state index in [-0.39, 0.29) is 0 Å². The van der Waals surface area contributed by atoms with Gasteiger partial charge in [0.1, 0.15) is 5.75 Å². The minimum atomic E-state index is -4.38. The first-order valence-corrected chi connectivity index (χ1v) is 6.45. The monoisotopic (exact) mass is 337 g/mol. The summed E-state index contributed by atoms with van der Waals surface area (Å²) in [5.74, 6) is 0.362. The van der Waals surface area contributed by atoms with Crippen LogP contribution < -0.4 is 4.74 Å². The fraction of sp³-hybridized carbons (Fsp3) is 0.182. The molecule has 2 rings (SSSR count). The van der Waals surface area contributed by atoms with Gasteiger partial charge in [0.05, 0.1) is 18.4 Å². The van der Waals surface area contributed by atoms with Gasteiger partial charge in [-0.1, -0.05) is 0 Å². The largest absolute Gasteiger partial charge is 0.496 e. The molecular weight excluding hydrogens is 331 g/mol. The predicted molar refractivity (Wildman–Crippen MR) is 66.8 cm³/mol. The number of nitrogens with zero attached hydrogens (tertiary/aromatic N) is 1. The Bertz CT molecular complexity index is 568. The number of rotatable bonds is 2. The first kappa shape index (κ1) is 13.4. The molecule has 0 spiro atoms. The van der Waals surface area contributed by atoms with Crippen molar-refractivity contribution < 1.29 is 17.9 Å². The van der Waals surface area contributed by atoms with E-state index in [9.17, 15) is 13.2 Å². The Balaban J connectivity index is 2.56. The Morgan fingerprint density at radius 2 is 2.06 bits per heavy atom. The number of thiazole rings is 1. The van der Waals surface area contributed by atoms with Crippen LogP contribution in [0.25, 0.3) is 11.3 Å². The number of halogens is 4. The Morgan fingerprint density at radius 3 is 2.56 bits per heavy atom. The quantitative estimate of drug-likeness (QED) is 0.798. The summed E-state index contributed by atoms with van der Waals surface area (Å²) in [5.41, 5.74) is 0.0616. The van der Waals surface area contributed by atoms with Gasteiger partial charge in [-0.2, -0.15) is 13.2 Å². The van der Waals surface area contributed by atoms with Gasteiger partial charge < -0.3 is 4.74 Å². The Labute approximate surface area is 114 Å². The summed E-state index contributed by atoms with van der Waals surface area (Å²) >= 11 is 4.48. The molecule has 2 nitrogen and oxygen atoms in total. The van der Waals surface area contributed by atoms with Gasteiger partial charge in [-0.05, 0) is 34.1 Å². The summed E-state index contributed by atoms with van der Waals surface area (Å²) in [6.07, 6.45) is -4.38. The van der Waals surface area contributed by atoms with Crippen molar-refractivity contribution in [3.63, 3.8) is 0 Å². The third-order valence-corrected chi connectivity index (χ3v) is 3.64. The average Bonchev–Trinajstić information content (AvgIpc) is 2.73. The number of methoxy groups -OCH3 is 1. The SMILES string of the molecule is COc1ccc(C(F)(F)F)cc1-c1csc(Br)n1. The van der Waals surface area contributed by atoms with E-state index >= 15 is 0 Å². The van der Waals surface area contributed by atoms with Crippen LogP contribution in [0.15, 0.2) is 27.5 Å². The second-order valence-electron chi connectivity index (χ2n) is 3.40. The van der Waals surface area contributed by atoms with E-state index in [0.29, 0.717) is 20.9 Å². The van der Waals surface area contributed by atoms with E-state index in [0.717, 1.165) is 12.1 Å². The molecule has 0 bridgehead atoms. The van der Waals surface area contributed by atoms with Gasteiger partial charge in [-0.25, -0.2) is 4.98 Å². The zero-order chi connectivity index (χ0) is 13.3. The zero-order valence-corrected chi connectivity index (χ0v) is 11.5. The van der Waals surface area contributed by atoms with Gasteiger partial charge in [-0.15, -0.1) is 11.3 Å². The topological polar surface area (TPSA) is 22.1 Å². The van der Waals surface area contributed by atoms with E-state index in [1.807, 2.05) is 0 Å². The van der Waals surface area contributed by atoms with Gasteiger partial charge in [0, 0.05) is 10.9 Å². The lowest BCUT2D eigenvalue weighted by molar-refractivity contribution is -0.137. The second kappa shape index (κ2) is 4.89. The molecule has 0 aliphatic carbocycles. The molecular formula is C11H7BrF3NOS. The van der Waals surface area contributed by atoms with Crippen molar-refractivity contribution in [3.8, 4) is 17.0 Å². The highest BCUT2D eigenvalue weighted by atomic mass is 79.9. The van der Waals surface area contributed by atoms with E-state index < -0.39 is 11.7 Å². The lowest BCUT2D eigenvalue weighted by Gasteiger charge is -2.11. The molecule has 0 N–H and O–H groups in total. The molecule has 0 radical (unpaired) electrons. The molecule has 96 valence electrons. The summed E-state index contributed by atoms with van der Waals surface area (Å²) in [6, 6.07) is 3.33. The van der Waals surface area contributed by atoms with E-state index in [2.05, 4.69) is 20.9 Å². The lowest BCUT2D eigenvalue weighted by atomic mass is 10.1. The van der Waals surface area contributed by atoms with Crippen molar-refractivity contribution in [2.45, 2.75) is 6.18 Å². The summed E-state index contributed by atoms with van der Waals surface area (Å²) in [6.45, 7) is 0. The van der Waals surface area contributed by atoms with Gasteiger partial charge >= 0.3 is 6.18 Å². The van der Waals surface area contributed by atoms with Gasteiger partial charge in [0.25, 0.3) is 0 Å². The average molecular weight is 338 g/mol. The van der Waals surface area contributed by atoms with E-state index in [1.165, 1.54) is 24.5 Å². The van der Waals surface area contributed by atoms with Crippen molar-refractivity contribution in [3.05, 3.63) is 33.1 Å². The molecule has 1 aromatic carbocycles. The number of alkyl halides is 3. The van der Waals surface area contributed by atoms with Gasteiger partial charge in [0.15, 0.2) is 3.92 Å². The maximum Gasteiger partial charge on any atom is 0.416 e. The van der Waals surface area contributed by atoms with Crippen LogP contribution in [0.1, 0.15) is 5.56 Å². The molecule has 0 saturated heterocycles. The highest BCUT2D eigenvalue weighted by Crippen LogP contribution is 2.37. The fourth-order valence-corrected chi connectivity index (χ4v) is 2.47. The molecule has 2 aromatic rings. The molecule has 0 atom stereocenters. The number of benzene rings is 1. The summed E-state index contributed by atoms with van der Waals surface area (Å²) in [7, 11) is 1.41. The Morgan fingerprint density at radius 1 is 1.33 bits per heavy atom. The minimum absolute atomic E-state index is 0.328. The normalized spacial score (nSPS) is 11.6. The smallest absolute Gasteiger partial charge is 0.416 e. The van der Waals surface area contributed by atoms with Crippen LogP contribution in [0.3, 0.4) is 0 Å². The van der Waals surface area contributed by atoms with Crippen LogP contribution in [0.5, 0.6) is 5.75 Å². The summed E-state index contributed by atoms with van der Waals surface area (Å²) < 4.78 is 43.6. The van der Waals surface area contributed by atoms with Crippen molar-refractivity contribution in [2.75, 3.05) is 7.11 Å². The van der Waals surface area contributed by atoms with Crippen LogP contribution in [0.4, 0.5) is 13.2 Å². The zero-order valence-electron chi connectivity index (χ0n) is 9.08. The van der Waals surface area contributed by atoms with Crippen molar-refractivity contribution in [2.24, 2.45) is 0 Å². The number of hydrogen-bond acceptors (Lipinski definition) is 3. The highest BCUT2D eigenvalue weighted by Gasteiger charge is 2.31. The maximum absolute atomic E-state index is 12.7. The van der Waals surface area contributed by atoms with Crippen molar-refractivity contribution >= 4 is 27.3 Å². The molecule has 0 fully saturated rings. The number of ether oxygens (including phenoxy) is 1. The molecule has 7 heteroatoms. The molecule has 0 unspecified atom stereocenters. The van der Waals surface area contributed by atoms with E-state index in [4.69, 9.17) is 4.74 Å². The van der Waals surface area contributed by atoms with E-state index in [1.54, 1.807) is 5.38 Å². The number of hydrogen-bond donors (Lipinski definition) is 0. The Hall–Kier alpha value is -1.08. The first-order valence-electron chi connectivity index (χ1n) is 4.78. The lowest BCUT2D eigenvalue weighted by Crippen LogP contribution is -2.05. The third kappa shape index (κ3) is 2.67. The molecule has 18 heavy (non-hydrogen) atoms. The fourth-order valence-electron chi connectivity index (χ4n) is 1.46. The molecule has 0 aliphatic heterocycles. The van der Waals surface area contributed by atoms with Crippen molar-refractivity contribution in [1.82, 2.24) is 4.98 Å². The molecule has 1 aromatic heterocycles. The number of aromatic nitrogens is 1. The van der Waals surface area contributed by atoms with Crippen LogP contribution in [-0.4, -0.2) is 12.1 Å². The summed E-state index contributed by atoms with van der Waals surface area (Å²) in [4.78, 5) is 4.10. The first-order chi connectivity index (χ1) is 8.41. The van der Waals surface area contributed by atoms with Gasteiger partial charge in [-0.3, -0.25) is 0 Å². The molecule has 0 aliphatic rings. The highest BCUT2D eigenvalue weighted by molar-refractivity contribution is 9.11. The standard InChI is InChI=1S/C11H7BrF3NOS/c1-17-9-3-2-6(11(13,14)15)4-7(9)8-5-18-10(12)16-8/h2-5H,1H3. The van der Waals surface area contributed by atoms with Crippen LogP contribution >= 0.6 is 27.3 Å². The van der Waals surface area contributed by atoms with Crippen LogP contribution in [0.2, 0.25) is 0 Å². The van der Waals surface area contributed by atoms with Crippen molar-refractivity contribution in [1.29, 1.82) is 0 Å². The maximum atomic E-state index is 12.7. The molecule has 0 amide bonds. The third-order valence-electron chi connectivity index (χ3n) is 2.28. The van der Waals surface area contributed by atoms with Crippen LogP contribution in [0, 0.1) is 0 Å². The predicted octanol–water partition coefficient (Wildman–Crippen LogP) is 4.60. The van der Waals surface area contributed by atoms with Crippen LogP contribution in [-0.2, 0) is 6.18 Å². The van der Waals surface area contributed by atoms with Gasteiger partial charge in [0.2, 0.25) is 0 Å².